The van der Waals surface area contributed by atoms with E-state index in [0.29, 0.717) is 31.9 Å². The molecule has 1 fully saturated rings. The number of hydrogen-bond donors (Lipinski definition) is 1. The highest BCUT2D eigenvalue weighted by Crippen LogP contribution is 2.19. The number of nitrogens with zero attached hydrogens (tertiary/aromatic N) is 2. The Hall–Kier alpha value is -1.11. The molecule has 2 N–H and O–H groups in total. The van der Waals surface area contributed by atoms with Crippen molar-refractivity contribution in [1.29, 1.82) is 0 Å². The fourth-order valence-electron chi connectivity index (χ4n) is 2.43. The fraction of sp³-hybridized carbons (Fsp3) is 0.571. The highest BCUT2D eigenvalue weighted by Gasteiger charge is 2.31. The maximum Gasteiger partial charge on any atom is 0.282 e. The van der Waals surface area contributed by atoms with E-state index in [1.807, 2.05) is 31.2 Å². The summed E-state index contributed by atoms with van der Waals surface area (Å²) in [7, 11) is -3.34. The normalized spacial score (nSPS) is 16.9. The quantitative estimate of drug-likeness (QED) is 0.815. The van der Waals surface area contributed by atoms with E-state index in [4.69, 9.17) is 5.73 Å². The standard InChI is InChI=1S/C14H23N3O2S/c1-2-9-17(12-13-5-7-14(15)8-6-13)20(18,19)16-10-3-4-11-16/h5-8H,2-4,9-12,15H2,1H3. The van der Waals surface area contributed by atoms with Gasteiger partial charge < -0.3 is 5.73 Å². The van der Waals surface area contributed by atoms with Crippen LogP contribution >= 0.6 is 0 Å². The molecule has 2 rings (SSSR count). The highest BCUT2D eigenvalue weighted by molar-refractivity contribution is 7.86. The third-order valence-electron chi connectivity index (χ3n) is 3.53. The van der Waals surface area contributed by atoms with Gasteiger partial charge in [0, 0.05) is 31.9 Å². The molecule has 20 heavy (non-hydrogen) atoms. The van der Waals surface area contributed by atoms with Gasteiger partial charge in [0.05, 0.1) is 0 Å². The molecule has 0 aliphatic carbocycles. The van der Waals surface area contributed by atoms with Gasteiger partial charge in [-0.15, -0.1) is 0 Å². The van der Waals surface area contributed by atoms with E-state index in [2.05, 4.69) is 0 Å². The van der Waals surface area contributed by atoms with Gasteiger partial charge in [-0.3, -0.25) is 0 Å². The Morgan fingerprint density at radius 2 is 1.80 bits per heavy atom. The maximum atomic E-state index is 12.6. The predicted octanol–water partition coefficient (Wildman–Crippen LogP) is 1.82. The number of benzene rings is 1. The first kappa shape index (κ1) is 15.3. The first-order valence-corrected chi connectivity index (χ1v) is 8.53. The minimum atomic E-state index is -3.34. The molecule has 1 aliphatic rings. The highest BCUT2D eigenvalue weighted by atomic mass is 32.2. The topological polar surface area (TPSA) is 66.6 Å². The van der Waals surface area contributed by atoms with Crippen LogP contribution in [0.4, 0.5) is 5.69 Å². The summed E-state index contributed by atoms with van der Waals surface area (Å²) in [5.41, 5.74) is 7.32. The molecule has 0 radical (unpaired) electrons. The van der Waals surface area contributed by atoms with E-state index in [1.54, 1.807) is 8.61 Å². The molecule has 0 unspecified atom stereocenters. The second-order valence-corrected chi connectivity index (χ2v) is 7.12. The first-order chi connectivity index (χ1) is 9.54. The molecule has 0 spiro atoms. The van der Waals surface area contributed by atoms with Gasteiger partial charge in [-0.25, -0.2) is 0 Å². The Morgan fingerprint density at radius 1 is 1.20 bits per heavy atom. The van der Waals surface area contributed by atoms with E-state index < -0.39 is 10.2 Å². The van der Waals surface area contributed by atoms with Gasteiger partial charge in [-0.05, 0) is 37.0 Å². The number of nitrogen functional groups attached to an aromatic ring is 1. The van der Waals surface area contributed by atoms with Crippen molar-refractivity contribution in [3.63, 3.8) is 0 Å². The lowest BCUT2D eigenvalue weighted by Crippen LogP contribution is -2.42. The van der Waals surface area contributed by atoms with E-state index in [0.717, 1.165) is 24.8 Å². The van der Waals surface area contributed by atoms with Gasteiger partial charge in [0.1, 0.15) is 0 Å². The third-order valence-corrected chi connectivity index (χ3v) is 5.51. The van der Waals surface area contributed by atoms with E-state index >= 15 is 0 Å². The molecule has 1 aromatic carbocycles. The van der Waals surface area contributed by atoms with Crippen molar-refractivity contribution >= 4 is 15.9 Å². The molecule has 1 aromatic rings. The van der Waals surface area contributed by atoms with Crippen LogP contribution in [-0.4, -0.2) is 36.7 Å². The zero-order chi connectivity index (χ0) is 14.6. The van der Waals surface area contributed by atoms with E-state index in [-0.39, 0.29) is 0 Å². The number of rotatable bonds is 6. The Kier molecular flexibility index (Phi) is 5.01. The molecule has 112 valence electrons. The van der Waals surface area contributed by atoms with Crippen LogP contribution in [0, 0.1) is 0 Å². The van der Waals surface area contributed by atoms with Crippen LogP contribution in [0.2, 0.25) is 0 Å². The number of nitrogens with two attached hydrogens (primary N) is 1. The summed E-state index contributed by atoms with van der Waals surface area (Å²) in [6.45, 7) is 4.24. The molecule has 0 aromatic heterocycles. The van der Waals surface area contributed by atoms with E-state index in [9.17, 15) is 8.42 Å². The Labute approximate surface area is 121 Å². The minimum Gasteiger partial charge on any atom is -0.399 e. The number of anilines is 1. The van der Waals surface area contributed by atoms with E-state index in [1.165, 1.54) is 0 Å². The van der Waals surface area contributed by atoms with Gasteiger partial charge in [0.15, 0.2) is 0 Å². The molecule has 0 atom stereocenters. The molecule has 6 heteroatoms. The molecule has 0 saturated carbocycles. The largest absolute Gasteiger partial charge is 0.399 e. The van der Waals surface area contributed by atoms with Crippen LogP contribution in [0.15, 0.2) is 24.3 Å². The second-order valence-electron chi connectivity index (χ2n) is 5.19. The summed E-state index contributed by atoms with van der Waals surface area (Å²) in [4.78, 5) is 0. The van der Waals surface area contributed by atoms with Crippen LogP contribution in [-0.2, 0) is 16.8 Å². The lowest BCUT2D eigenvalue weighted by Gasteiger charge is -2.27. The molecule has 5 nitrogen and oxygen atoms in total. The molecule has 0 bridgehead atoms. The van der Waals surface area contributed by atoms with Crippen LogP contribution in [0.3, 0.4) is 0 Å². The Morgan fingerprint density at radius 3 is 2.35 bits per heavy atom. The maximum absolute atomic E-state index is 12.6. The Bertz CT molecular complexity index is 522. The predicted molar refractivity (Wildman–Crippen MR) is 81.3 cm³/mol. The van der Waals surface area contributed by atoms with Crippen LogP contribution < -0.4 is 5.73 Å². The zero-order valence-corrected chi connectivity index (χ0v) is 12.8. The van der Waals surface area contributed by atoms with Gasteiger partial charge in [-0.1, -0.05) is 19.1 Å². The summed E-state index contributed by atoms with van der Waals surface area (Å²) >= 11 is 0. The smallest absolute Gasteiger partial charge is 0.282 e. The second kappa shape index (κ2) is 6.56. The Balaban J connectivity index is 2.15. The number of hydrogen-bond acceptors (Lipinski definition) is 3. The summed E-state index contributed by atoms with van der Waals surface area (Å²) < 4.78 is 28.4. The van der Waals surface area contributed by atoms with Crippen molar-refractivity contribution in [2.45, 2.75) is 32.7 Å². The van der Waals surface area contributed by atoms with Crippen molar-refractivity contribution in [2.75, 3.05) is 25.4 Å². The van der Waals surface area contributed by atoms with Crippen molar-refractivity contribution < 1.29 is 8.42 Å². The monoisotopic (exact) mass is 297 g/mol. The molecular formula is C14H23N3O2S. The van der Waals surface area contributed by atoms with Gasteiger partial charge in [-0.2, -0.15) is 17.0 Å². The average Bonchev–Trinajstić information content (AvgIpc) is 2.95. The van der Waals surface area contributed by atoms with Gasteiger partial charge in [0.25, 0.3) is 10.2 Å². The van der Waals surface area contributed by atoms with Crippen LogP contribution in [0.1, 0.15) is 31.7 Å². The summed E-state index contributed by atoms with van der Waals surface area (Å²) in [6.07, 6.45) is 2.73. The lowest BCUT2D eigenvalue weighted by atomic mass is 10.2. The molecule has 1 saturated heterocycles. The minimum absolute atomic E-state index is 0.410. The molecular weight excluding hydrogens is 274 g/mol. The van der Waals surface area contributed by atoms with Crippen molar-refractivity contribution in [3.8, 4) is 0 Å². The third kappa shape index (κ3) is 3.50. The SMILES string of the molecule is CCCN(Cc1ccc(N)cc1)S(=O)(=O)N1CCCC1. The first-order valence-electron chi connectivity index (χ1n) is 7.13. The van der Waals surface area contributed by atoms with Crippen molar-refractivity contribution in [2.24, 2.45) is 0 Å². The van der Waals surface area contributed by atoms with Crippen molar-refractivity contribution in [3.05, 3.63) is 29.8 Å². The summed E-state index contributed by atoms with van der Waals surface area (Å²) in [5.74, 6) is 0. The zero-order valence-electron chi connectivity index (χ0n) is 12.0. The van der Waals surface area contributed by atoms with Crippen LogP contribution in [0.25, 0.3) is 0 Å². The fourth-order valence-corrected chi connectivity index (χ4v) is 4.21. The van der Waals surface area contributed by atoms with Gasteiger partial charge in [0.2, 0.25) is 0 Å². The van der Waals surface area contributed by atoms with Gasteiger partial charge >= 0.3 is 0 Å². The average molecular weight is 297 g/mol. The van der Waals surface area contributed by atoms with Crippen molar-refractivity contribution in [1.82, 2.24) is 8.61 Å². The van der Waals surface area contributed by atoms with Crippen LogP contribution in [0.5, 0.6) is 0 Å². The molecule has 0 amide bonds. The molecule has 1 aliphatic heterocycles. The molecule has 1 heterocycles. The summed E-state index contributed by atoms with van der Waals surface area (Å²) in [6, 6.07) is 7.39. The lowest BCUT2D eigenvalue weighted by molar-refractivity contribution is 0.355. The summed E-state index contributed by atoms with van der Waals surface area (Å²) in [5, 5.41) is 0.